The van der Waals surface area contributed by atoms with Crippen molar-refractivity contribution in [3.8, 4) is 0 Å². The number of nitrogens with zero attached hydrogens (tertiary/aromatic N) is 2. The van der Waals surface area contributed by atoms with E-state index in [1.807, 2.05) is 12.1 Å². The second-order valence-electron chi connectivity index (χ2n) is 5.61. The van der Waals surface area contributed by atoms with Crippen LogP contribution in [0.1, 0.15) is 32.0 Å². The largest absolute Gasteiger partial charge is 0.388 e. The molecule has 94 valence electrons. The monoisotopic (exact) mass is 251 g/mol. The Morgan fingerprint density at radius 1 is 1.47 bits per heavy atom. The van der Waals surface area contributed by atoms with Gasteiger partial charge < -0.3 is 10.6 Å². The summed E-state index contributed by atoms with van der Waals surface area (Å²) in [7, 11) is 2.10. The third-order valence-electron chi connectivity index (χ3n) is 2.31. The predicted molar refractivity (Wildman–Crippen MR) is 75.9 cm³/mol. The summed E-state index contributed by atoms with van der Waals surface area (Å²) in [5.74, 6) is 0. The van der Waals surface area contributed by atoms with Crippen molar-refractivity contribution >= 4 is 17.2 Å². The molecule has 0 saturated carbocycles. The summed E-state index contributed by atoms with van der Waals surface area (Å²) < 4.78 is 0. The van der Waals surface area contributed by atoms with Gasteiger partial charge in [0.25, 0.3) is 0 Å². The Hall–Kier alpha value is -1.00. The van der Waals surface area contributed by atoms with Crippen molar-refractivity contribution in [2.24, 2.45) is 11.1 Å². The maximum Gasteiger partial charge on any atom is 0.123 e. The lowest BCUT2D eigenvalue weighted by atomic mass is 9.96. The fourth-order valence-corrected chi connectivity index (χ4v) is 2.13. The highest BCUT2D eigenvalue weighted by atomic mass is 32.1. The Bertz CT molecular complexity index is 396. The summed E-state index contributed by atoms with van der Waals surface area (Å²) in [5, 5.41) is 0. The van der Waals surface area contributed by atoms with Gasteiger partial charge in [0, 0.05) is 19.3 Å². The molecule has 0 aliphatic carbocycles. The van der Waals surface area contributed by atoms with Crippen molar-refractivity contribution in [1.82, 2.24) is 9.88 Å². The van der Waals surface area contributed by atoms with Gasteiger partial charge in [0.1, 0.15) is 10.7 Å². The molecule has 1 aromatic heterocycles. The molecule has 0 fully saturated rings. The number of hydrogen-bond acceptors (Lipinski definition) is 3. The zero-order chi connectivity index (χ0) is 13.1. The quantitative estimate of drug-likeness (QED) is 0.833. The third kappa shape index (κ3) is 4.79. The molecule has 0 aliphatic heterocycles. The molecule has 0 radical (unpaired) electrons. The molecule has 0 atom stereocenters. The van der Waals surface area contributed by atoms with Crippen LogP contribution in [0.5, 0.6) is 0 Å². The van der Waals surface area contributed by atoms with Crippen molar-refractivity contribution in [2.75, 3.05) is 13.6 Å². The van der Waals surface area contributed by atoms with Crippen molar-refractivity contribution < 1.29 is 0 Å². The highest BCUT2D eigenvalue weighted by Gasteiger charge is 2.15. The minimum atomic E-state index is 0.278. The Morgan fingerprint density at radius 3 is 2.65 bits per heavy atom. The first-order valence-electron chi connectivity index (χ1n) is 5.72. The average molecular weight is 251 g/mol. The summed E-state index contributed by atoms with van der Waals surface area (Å²) in [6.45, 7) is 8.50. The van der Waals surface area contributed by atoms with Gasteiger partial charge in [-0.15, -0.1) is 0 Å². The van der Waals surface area contributed by atoms with Crippen molar-refractivity contribution in [3.05, 3.63) is 29.6 Å². The van der Waals surface area contributed by atoms with Crippen LogP contribution in [0.15, 0.2) is 18.3 Å². The summed E-state index contributed by atoms with van der Waals surface area (Å²) >= 11 is 5.01. The molecule has 4 heteroatoms. The van der Waals surface area contributed by atoms with Gasteiger partial charge in [-0.05, 0) is 24.1 Å². The van der Waals surface area contributed by atoms with Crippen LogP contribution in [0.2, 0.25) is 0 Å². The lowest BCUT2D eigenvalue weighted by Gasteiger charge is -2.26. The maximum absolute atomic E-state index is 5.67. The number of hydrogen-bond donors (Lipinski definition) is 1. The first-order valence-corrected chi connectivity index (χ1v) is 6.12. The third-order valence-corrected chi connectivity index (χ3v) is 2.50. The smallest absolute Gasteiger partial charge is 0.123 e. The number of nitrogens with two attached hydrogens (primary N) is 1. The molecule has 0 saturated heterocycles. The summed E-state index contributed by atoms with van der Waals surface area (Å²) in [5.41, 5.74) is 7.77. The molecule has 0 unspecified atom stereocenters. The van der Waals surface area contributed by atoms with Crippen LogP contribution in [-0.4, -0.2) is 28.5 Å². The van der Waals surface area contributed by atoms with E-state index in [-0.39, 0.29) is 5.41 Å². The Balaban J connectivity index is 2.78. The highest BCUT2D eigenvalue weighted by molar-refractivity contribution is 7.80. The average Bonchev–Trinajstić information content (AvgIpc) is 2.14. The molecule has 0 bridgehead atoms. The van der Waals surface area contributed by atoms with Gasteiger partial charge in [0.15, 0.2) is 0 Å². The molecule has 17 heavy (non-hydrogen) atoms. The van der Waals surface area contributed by atoms with Crippen LogP contribution in [-0.2, 0) is 6.54 Å². The maximum atomic E-state index is 5.67. The molecule has 0 spiro atoms. The van der Waals surface area contributed by atoms with Crippen LogP contribution in [0.4, 0.5) is 0 Å². The first-order chi connectivity index (χ1) is 7.79. The van der Waals surface area contributed by atoms with Gasteiger partial charge in [0.2, 0.25) is 0 Å². The topological polar surface area (TPSA) is 42.2 Å². The second-order valence-corrected chi connectivity index (χ2v) is 6.05. The van der Waals surface area contributed by atoms with Gasteiger partial charge >= 0.3 is 0 Å². The Kier molecular flexibility index (Phi) is 4.60. The standard InChI is InChI=1S/C13H21N3S/c1-13(2,3)9-16(4)8-10-6-5-7-15-11(10)12(14)17/h5-7H,8-9H2,1-4H3,(H2,14,17). The van der Waals surface area contributed by atoms with Crippen molar-refractivity contribution in [2.45, 2.75) is 27.3 Å². The van der Waals surface area contributed by atoms with Gasteiger partial charge in [0.05, 0.1) is 0 Å². The predicted octanol–water partition coefficient (Wildman–Crippen LogP) is 2.19. The summed E-state index contributed by atoms with van der Waals surface area (Å²) in [6.07, 6.45) is 1.72. The highest BCUT2D eigenvalue weighted by Crippen LogP contribution is 2.16. The van der Waals surface area contributed by atoms with Crippen LogP contribution >= 0.6 is 12.2 Å². The first kappa shape index (κ1) is 14.1. The van der Waals surface area contributed by atoms with Crippen LogP contribution < -0.4 is 5.73 Å². The van der Waals surface area contributed by atoms with Crippen molar-refractivity contribution in [1.29, 1.82) is 0 Å². The van der Waals surface area contributed by atoms with E-state index < -0.39 is 0 Å². The molecule has 0 aliphatic rings. The van der Waals surface area contributed by atoms with Crippen molar-refractivity contribution in [3.63, 3.8) is 0 Å². The van der Waals surface area contributed by atoms with Gasteiger partial charge in [-0.25, -0.2) is 0 Å². The van der Waals surface area contributed by atoms with Crippen LogP contribution in [0.25, 0.3) is 0 Å². The Labute approximate surface area is 109 Å². The second kappa shape index (κ2) is 5.56. The van der Waals surface area contributed by atoms with Crippen LogP contribution in [0, 0.1) is 5.41 Å². The van der Waals surface area contributed by atoms with Gasteiger partial charge in [-0.1, -0.05) is 39.1 Å². The molecule has 1 heterocycles. The Morgan fingerprint density at radius 2 is 2.12 bits per heavy atom. The number of pyridine rings is 1. The summed E-state index contributed by atoms with van der Waals surface area (Å²) in [4.78, 5) is 6.86. The van der Waals surface area contributed by atoms with E-state index in [1.165, 1.54) is 0 Å². The fourth-order valence-electron chi connectivity index (χ4n) is 1.94. The lowest BCUT2D eigenvalue weighted by Crippen LogP contribution is -2.30. The minimum absolute atomic E-state index is 0.278. The minimum Gasteiger partial charge on any atom is -0.388 e. The molecule has 3 nitrogen and oxygen atoms in total. The molecular weight excluding hydrogens is 230 g/mol. The van der Waals surface area contributed by atoms with Gasteiger partial charge in [-0.3, -0.25) is 4.98 Å². The molecule has 0 aromatic carbocycles. The SMILES string of the molecule is CN(Cc1cccnc1C(N)=S)CC(C)(C)C. The van der Waals surface area contributed by atoms with E-state index in [0.717, 1.165) is 24.3 Å². The van der Waals surface area contributed by atoms with E-state index in [2.05, 4.69) is 37.7 Å². The van der Waals surface area contributed by atoms with E-state index >= 15 is 0 Å². The van der Waals surface area contributed by atoms with Gasteiger partial charge in [-0.2, -0.15) is 0 Å². The summed E-state index contributed by atoms with van der Waals surface area (Å²) in [6, 6.07) is 3.95. The molecule has 1 rings (SSSR count). The molecular formula is C13H21N3S. The van der Waals surface area contributed by atoms with E-state index in [4.69, 9.17) is 18.0 Å². The number of aromatic nitrogens is 1. The lowest BCUT2D eigenvalue weighted by molar-refractivity contribution is 0.220. The zero-order valence-corrected chi connectivity index (χ0v) is 11.8. The zero-order valence-electron chi connectivity index (χ0n) is 11.0. The molecule has 1 aromatic rings. The fraction of sp³-hybridized carbons (Fsp3) is 0.538. The normalized spacial score (nSPS) is 11.8. The molecule has 2 N–H and O–H groups in total. The van der Waals surface area contributed by atoms with E-state index in [0.29, 0.717) is 4.99 Å². The molecule has 0 amide bonds. The van der Waals surface area contributed by atoms with Crippen LogP contribution in [0.3, 0.4) is 0 Å². The van der Waals surface area contributed by atoms with E-state index in [9.17, 15) is 0 Å². The number of rotatable bonds is 4. The number of thiocarbonyl (C=S) groups is 1. The van der Waals surface area contributed by atoms with E-state index in [1.54, 1.807) is 6.20 Å².